The lowest BCUT2D eigenvalue weighted by molar-refractivity contribution is -0.161. The number of ether oxygens (including phenoxy) is 1. The molecule has 1 aromatic carbocycles. The maximum absolute atomic E-state index is 12.7. The van der Waals surface area contributed by atoms with Crippen LogP contribution in [0.4, 0.5) is 5.69 Å². The first kappa shape index (κ1) is 16.7. The number of rotatable bonds is 3. The zero-order valence-corrected chi connectivity index (χ0v) is 13.6. The highest BCUT2D eigenvalue weighted by molar-refractivity contribution is 6.30. The minimum atomic E-state index is -1.12. The molecule has 2 aliphatic rings. The molecular formula is C16H17ClN2O5. The number of hydrogen-bond acceptors (Lipinski definition) is 4. The van der Waals surface area contributed by atoms with E-state index in [1.807, 2.05) is 0 Å². The van der Waals surface area contributed by atoms with Crippen molar-refractivity contribution in [2.75, 3.05) is 31.2 Å². The van der Waals surface area contributed by atoms with Crippen LogP contribution in [-0.2, 0) is 19.1 Å². The summed E-state index contributed by atoms with van der Waals surface area (Å²) in [6, 6.07) is 5.77. The fourth-order valence-electron chi connectivity index (χ4n) is 3.06. The van der Waals surface area contributed by atoms with Crippen LogP contribution in [0.15, 0.2) is 24.3 Å². The van der Waals surface area contributed by atoms with E-state index < -0.39 is 23.8 Å². The van der Waals surface area contributed by atoms with Crippen molar-refractivity contribution in [2.45, 2.75) is 12.5 Å². The third kappa shape index (κ3) is 3.09. The Bertz CT molecular complexity index is 663. The minimum Gasteiger partial charge on any atom is -0.480 e. The number of morpholine rings is 1. The van der Waals surface area contributed by atoms with Gasteiger partial charge in [-0.2, -0.15) is 0 Å². The Balaban J connectivity index is 1.75. The second-order valence-corrected chi connectivity index (χ2v) is 6.20. The normalized spacial score (nSPS) is 24.3. The molecule has 3 rings (SSSR count). The summed E-state index contributed by atoms with van der Waals surface area (Å²) < 4.78 is 5.13. The molecule has 0 aromatic heterocycles. The summed E-state index contributed by atoms with van der Waals surface area (Å²) >= 11 is 5.85. The van der Waals surface area contributed by atoms with Crippen LogP contribution in [0.5, 0.6) is 0 Å². The zero-order chi connectivity index (χ0) is 17.3. The van der Waals surface area contributed by atoms with Crippen molar-refractivity contribution in [3.05, 3.63) is 29.3 Å². The SMILES string of the molecule is O=C(O)[C@H]1COCCN1C(=O)[C@H]1CCN(c2ccc(Cl)cc2)C1=O. The van der Waals surface area contributed by atoms with E-state index in [1.54, 1.807) is 24.3 Å². The number of anilines is 1. The van der Waals surface area contributed by atoms with Gasteiger partial charge in [-0.25, -0.2) is 4.79 Å². The van der Waals surface area contributed by atoms with Gasteiger partial charge in [0.2, 0.25) is 11.8 Å². The van der Waals surface area contributed by atoms with Gasteiger partial charge < -0.3 is 19.6 Å². The van der Waals surface area contributed by atoms with E-state index >= 15 is 0 Å². The summed E-state index contributed by atoms with van der Waals surface area (Å²) in [5.41, 5.74) is 0.677. The van der Waals surface area contributed by atoms with Gasteiger partial charge in [0, 0.05) is 23.8 Å². The molecule has 128 valence electrons. The number of carboxylic acids is 1. The van der Waals surface area contributed by atoms with Gasteiger partial charge in [-0.15, -0.1) is 0 Å². The smallest absolute Gasteiger partial charge is 0.328 e. The molecule has 0 aliphatic carbocycles. The van der Waals surface area contributed by atoms with Gasteiger partial charge >= 0.3 is 5.97 Å². The number of halogens is 1. The Morgan fingerprint density at radius 2 is 1.92 bits per heavy atom. The Labute approximate surface area is 143 Å². The van der Waals surface area contributed by atoms with Crippen LogP contribution in [-0.4, -0.2) is 60.1 Å². The first-order valence-corrected chi connectivity index (χ1v) is 8.05. The Hall–Kier alpha value is -2.12. The van der Waals surface area contributed by atoms with Crippen molar-refractivity contribution in [3.8, 4) is 0 Å². The van der Waals surface area contributed by atoms with Crippen molar-refractivity contribution in [1.82, 2.24) is 4.90 Å². The lowest BCUT2D eigenvalue weighted by Crippen LogP contribution is -2.55. The summed E-state index contributed by atoms with van der Waals surface area (Å²) in [5, 5.41) is 9.81. The first-order chi connectivity index (χ1) is 11.5. The number of aliphatic carboxylic acids is 1. The highest BCUT2D eigenvalue weighted by Crippen LogP contribution is 2.28. The molecule has 0 unspecified atom stereocenters. The van der Waals surface area contributed by atoms with E-state index in [9.17, 15) is 19.5 Å². The maximum atomic E-state index is 12.7. The molecule has 24 heavy (non-hydrogen) atoms. The lowest BCUT2D eigenvalue weighted by atomic mass is 10.0. The Kier molecular flexibility index (Phi) is 4.73. The molecule has 2 amide bonds. The average molecular weight is 353 g/mol. The van der Waals surface area contributed by atoms with Crippen LogP contribution in [0.2, 0.25) is 5.02 Å². The number of carbonyl (C=O) groups is 3. The molecule has 0 bridgehead atoms. The highest BCUT2D eigenvalue weighted by Gasteiger charge is 2.43. The summed E-state index contributed by atoms with van der Waals surface area (Å²) in [6.07, 6.45) is 0.365. The maximum Gasteiger partial charge on any atom is 0.328 e. The van der Waals surface area contributed by atoms with Crippen molar-refractivity contribution in [3.63, 3.8) is 0 Å². The predicted molar refractivity (Wildman–Crippen MR) is 85.9 cm³/mol. The number of nitrogens with zero attached hydrogens (tertiary/aromatic N) is 2. The largest absolute Gasteiger partial charge is 0.480 e. The summed E-state index contributed by atoms with van der Waals surface area (Å²) in [6.45, 7) is 0.819. The minimum absolute atomic E-state index is 0.0527. The second kappa shape index (κ2) is 6.78. The Morgan fingerprint density at radius 1 is 1.21 bits per heavy atom. The van der Waals surface area contributed by atoms with Crippen molar-refractivity contribution >= 4 is 35.1 Å². The van der Waals surface area contributed by atoms with Crippen LogP contribution < -0.4 is 4.90 Å². The summed E-state index contributed by atoms with van der Waals surface area (Å²) in [5.74, 6) is -2.71. The molecular weight excluding hydrogens is 336 g/mol. The quantitative estimate of drug-likeness (QED) is 0.820. The molecule has 0 spiro atoms. The number of hydrogen-bond donors (Lipinski definition) is 1. The standard InChI is InChI=1S/C16H17ClN2O5/c17-10-1-3-11(4-2-10)18-6-5-12(14(18)20)15(21)19-7-8-24-9-13(19)16(22)23/h1-4,12-13H,5-9H2,(H,22,23)/t12-,13+/m0/s1. The molecule has 0 saturated carbocycles. The number of carboxylic acid groups (broad SMARTS) is 1. The van der Waals surface area contributed by atoms with Gasteiger partial charge in [0.25, 0.3) is 0 Å². The van der Waals surface area contributed by atoms with Gasteiger partial charge in [0.1, 0.15) is 5.92 Å². The average Bonchev–Trinajstić information content (AvgIpc) is 2.96. The van der Waals surface area contributed by atoms with E-state index in [1.165, 1.54) is 9.80 Å². The van der Waals surface area contributed by atoms with Crippen LogP contribution >= 0.6 is 11.6 Å². The van der Waals surface area contributed by atoms with Gasteiger partial charge in [0.05, 0.1) is 13.2 Å². The molecule has 0 radical (unpaired) electrons. The monoisotopic (exact) mass is 352 g/mol. The second-order valence-electron chi connectivity index (χ2n) is 5.77. The molecule has 2 fully saturated rings. The Morgan fingerprint density at radius 3 is 2.58 bits per heavy atom. The summed E-state index contributed by atoms with van der Waals surface area (Å²) in [7, 11) is 0. The van der Waals surface area contributed by atoms with Crippen molar-refractivity contribution in [1.29, 1.82) is 0 Å². The van der Waals surface area contributed by atoms with Gasteiger partial charge in [-0.1, -0.05) is 11.6 Å². The fourth-order valence-corrected chi connectivity index (χ4v) is 3.18. The molecule has 8 heteroatoms. The predicted octanol–water partition coefficient (Wildman–Crippen LogP) is 1.00. The summed E-state index contributed by atoms with van der Waals surface area (Å²) in [4.78, 5) is 39.4. The number of amides is 2. The van der Waals surface area contributed by atoms with E-state index in [0.717, 1.165) is 0 Å². The van der Waals surface area contributed by atoms with Crippen LogP contribution in [0.25, 0.3) is 0 Å². The fraction of sp³-hybridized carbons (Fsp3) is 0.438. The van der Waals surface area contributed by atoms with E-state index in [-0.39, 0.29) is 25.7 Å². The van der Waals surface area contributed by atoms with E-state index in [2.05, 4.69) is 0 Å². The van der Waals surface area contributed by atoms with Gasteiger partial charge in [0.15, 0.2) is 6.04 Å². The molecule has 2 saturated heterocycles. The molecule has 1 aromatic rings. The van der Waals surface area contributed by atoms with Crippen LogP contribution in [0.1, 0.15) is 6.42 Å². The molecule has 2 heterocycles. The van der Waals surface area contributed by atoms with Crippen molar-refractivity contribution in [2.24, 2.45) is 5.92 Å². The third-order valence-electron chi connectivity index (χ3n) is 4.34. The van der Waals surface area contributed by atoms with Crippen molar-refractivity contribution < 1.29 is 24.2 Å². The van der Waals surface area contributed by atoms with Gasteiger partial charge in [-0.3, -0.25) is 9.59 Å². The third-order valence-corrected chi connectivity index (χ3v) is 4.59. The molecule has 2 atom stereocenters. The molecule has 7 nitrogen and oxygen atoms in total. The topological polar surface area (TPSA) is 87.2 Å². The van der Waals surface area contributed by atoms with Crippen LogP contribution in [0.3, 0.4) is 0 Å². The zero-order valence-electron chi connectivity index (χ0n) is 12.9. The first-order valence-electron chi connectivity index (χ1n) is 7.67. The lowest BCUT2D eigenvalue weighted by Gasteiger charge is -2.34. The van der Waals surface area contributed by atoms with E-state index in [4.69, 9.17) is 16.3 Å². The van der Waals surface area contributed by atoms with Gasteiger partial charge in [-0.05, 0) is 30.7 Å². The number of benzene rings is 1. The molecule has 2 aliphatic heterocycles. The highest BCUT2D eigenvalue weighted by atomic mass is 35.5. The number of carbonyl (C=O) groups excluding carboxylic acids is 2. The molecule has 1 N–H and O–H groups in total. The van der Waals surface area contributed by atoms with Crippen LogP contribution in [0, 0.1) is 5.92 Å². The van der Waals surface area contributed by atoms with E-state index in [0.29, 0.717) is 23.7 Å².